The molecule has 6 nitrogen and oxygen atoms in total. The highest BCUT2D eigenvalue weighted by molar-refractivity contribution is 6.34. The first-order chi connectivity index (χ1) is 15.4. The van der Waals surface area contributed by atoms with E-state index in [4.69, 9.17) is 32.7 Å². The van der Waals surface area contributed by atoms with Gasteiger partial charge in [-0.25, -0.2) is 0 Å². The summed E-state index contributed by atoms with van der Waals surface area (Å²) in [5, 5.41) is 25.0. The molecule has 0 aromatic heterocycles. The van der Waals surface area contributed by atoms with E-state index in [1.807, 2.05) is 31.2 Å². The SMILES string of the molecule is Cc1ccc(OC[C@H](O)CNC2CCN(C[C@@H](O)COc3cc(Cl)ccc3Cl)CC2)cc1. The summed E-state index contributed by atoms with van der Waals surface area (Å²) in [6, 6.07) is 13.2. The summed E-state index contributed by atoms with van der Waals surface area (Å²) >= 11 is 12.0. The van der Waals surface area contributed by atoms with Crippen molar-refractivity contribution in [1.82, 2.24) is 10.2 Å². The van der Waals surface area contributed by atoms with Crippen LogP contribution >= 0.6 is 23.2 Å². The number of halogens is 2. The van der Waals surface area contributed by atoms with Crippen molar-refractivity contribution in [2.24, 2.45) is 0 Å². The maximum atomic E-state index is 10.3. The van der Waals surface area contributed by atoms with Gasteiger partial charge in [0.05, 0.1) is 5.02 Å². The molecule has 2 aromatic carbocycles. The van der Waals surface area contributed by atoms with E-state index in [9.17, 15) is 10.2 Å². The van der Waals surface area contributed by atoms with Crippen molar-refractivity contribution in [1.29, 1.82) is 0 Å². The summed E-state index contributed by atoms with van der Waals surface area (Å²) in [6.07, 6.45) is 0.736. The number of aliphatic hydroxyl groups is 2. The zero-order chi connectivity index (χ0) is 22.9. The van der Waals surface area contributed by atoms with Gasteiger partial charge in [0.25, 0.3) is 0 Å². The van der Waals surface area contributed by atoms with Crippen molar-refractivity contribution >= 4 is 23.2 Å². The van der Waals surface area contributed by atoms with Crippen molar-refractivity contribution in [3.8, 4) is 11.5 Å². The van der Waals surface area contributed by atoms with Crippen molar-refractivity contribution < 1.29 is 19.7 Å². The number of β-amino-alcohol motifs (C(OH)–C–C–N with tert-alkyl or cyclic N) is 1. The van der Waals surface area contributed by atoms with Crippen LogP contribution in [0.3, 0.4) is 0 Å². The quantitative estimate of drug-likeness (QED) is 0.454. The van der Waals surface area contributed by atoms with Crippen LogP contribution in [0, 0.1) is 6.92 Å². The second-order valence-corrected chi connectivity index (χ2v) is 9.14. The second kappa shape index (κ2) is 12.6. The Kier molecular flexibility index (Phi) is 9.91. The summed E-state index contributed by atoms with van der Waals surface area (Å²) in [4.78, 5) is 2.22. The molecule has 3 rings (SSSR count). The van der Waals surface area contributed by atoms with Crippen LogP contribution in [0.2, 0.25) is 10.0 Å². The van der Waals surface area contributed by atoms with Gasteiger partial charge in [0, 0.05) is 30.2 Å². The maximum Gasteiger partial charge on any atom is 0.139 e. The number of piperidine rings is 1. The highest BCUT2D eigenvalue weighted by atomic mass is 35.5. The second-order valence-electron chi connectivity index (χ2n) is 8.30. The van der Waals surface area contributed by atoms with E-state index in [1.165, 1.54) is 5.56 Å². The summed E-state index contributed by atoms with van der Waals surface area (Å²) in [5.41, 5.74) is 1.18. The Morgan fingerprint density at radius 3 is 2.41 bits per heavy atom. The molecule has 1 aliphatic rings. The molecule has 0 unspecified atom stereocenters. The lowest BCUT2D eigenvalue weighted by atomic mass is 10.0. The molecule has 2 aromatic rings. The highest BCUT2D eigenvalue weighted by Crippen LogP contribution is 2.27. The smallest absolute Gasteiger partial charge is 0.139 e. The fourth-order valence-electron chi connectivity index (χ4n) is 3.63. The predicted octanol–water partition coefficient (Wildman–Crippen LogP) is 3.54. The van der Waals surface area contributed by atoms with E-state index in [1.54, 1.807) is 18.2 Å². The molecule has 8 heteroatoms. The lowest BCUT2D eigenvalue weighted by Gasteiger charge is -2.33. The Balaban J connectivity index is 1.29. The third-order valence-corrected chi connectivity index (χ3v) is 6.03. The molecule has 32 heavy (non-hydrogen) atoms. The highest BCUT2D eigenvalue weighted by Gasteiger charge is 2.22. The van der Waals surface area contributed by atoms with Gasteiger partial charge in [0.15, 0.2) is 0 Å². The summed E-state index contributed by atoms with van der Waals surface area (Å²) in [5.74, 6) is 1.24. The minimum absolute atomic E-state index is 0.158. The van der Waals surface area contributed by atoms with Gasteiger partial charge < -0.3 is 29.9 Å². The monoisotopic (exact) mass is 482 g/mol. The van der Waals surface area contributed by atoms with Crippen molar-refractivity contribution in [2.75, 3.05) is 39.4 Å². The predicted molar refractivity (Wildman–Crippen MR) is 128 cm³/mol. The molecule has 3 N–H and O–H groups in total. The van der Waals surface area contributed by atoms with Crippen molar-refractivity contribution in [3.05, 3.63) is 58.1 Å². The number of aryl methyl sites for hydroxylation is 1. The number of likely N-dealkylation sites (tertiary alicyclic amines) is 1. The Labute approximate surface area is 200 Å². The summed E-state index contributed by atoms with van der Waals surface area (Å²) in [6.45, 7) is 5.24. The van der Waals surface area contributed by atoms with Crippen LogP contribution in [0.4, 0.5) is 0 Å². The number of hydrogen-bond acceptors (Lipinski definition) is 6. The van der Waals surface area contributed by atoms with Gasteiger partial charge >= 0.3 is 0 Å². The van der Waals surface area contributed by atoms with E-state index < -0.39 is 12.2 Å². The third-order valence-electron chi connectivity index (χ3n) is 5.49. The van der Waals surface area contributed by atoms with Gasteiger partial charge in [0.1, 0.15) is 36.9 Å². The third kappa shape index (κ3) is 8.43. The standard InChI is InChI=1S/C24H32Cl2N2O4/c1-17-2-5-22(6-3-17)31-15-20(29)13-27-19-8-10-28(11-9-19)14-21(30)16-32-24-12-18(25)4-7-23(24)26/h2-7,12,19-21,27,29-30H,8-11,13-16H2,1H3/t20-,21-/m1/s1. The Hall–Kier alpha value is -1.54. The number of rotatable bonds is 11. The zero-order valence-electron chi connectivity index (χ0n) is 18.3. The first-order valence-corrected chi connectivity index (χ1v) is 11.7. The van der Waals surface area contributed by atoms with Crippen LogP contribution in [-0.4, -0.2) is 72.8 Å². The van der Waals surface area contributed by atoms with Gasteiger partial charge in [0.2, 0.25) is 0 Å². The van der Waals surface area contributed by atoms with Gasteiger partial charge in [-0.15, -0.1) is 0 Å². The van der Waals surface area contributed by atoms with E-state index in [0.717, 1.165) is 31.7 Å². The molecule has 1 fully saturated rings. The largest absolute Gasteiger partial charge is 0.491 e. The van der Waals surface area contributed by atoms with Gasteiger partial charge in [-0.05, 0) is 57.1 Å². The molecule has 176 valence electrons. The lowest BCUT2D eigenvalue weighted by molar-refractivity contribution is 0.0556. The fourth-order valence-corrected chi connectivity index (χ4v) is 3.97. The summed E-state index contributed by atoms with van der Waals surface area (Å²) < 4.78 is 11.3. The van der Waals surface area contributed by atoms with Gasteiger partial charge in [-0.2, -0.15) is 0 Å². The van der Waals surface area contributed by atoms with Crippen LogP contribution in [0.1, 0.15) is 18.4 Å². The number of hydrogen-bond donors (Lipinski definition) is 3. The number of benzene rings is 2. The molecule has 0 amide bonds. The van der Waals surface area contributed by atoms with E-state index in [2.05, 4.69) is 10.2 Å². The van der Waals surface area contributed by atoms with E-state index in [-0.39, 0.29) is 13.2 Å². The number of nitrogens with zero attached hydrogens (tertiary/aromatic N) is 1. The maximum absolute atomic E-state index is 10.3. The molecule has 2 atom stereocenters. The van der Waals surface area contributed by atoms with E-state index >= 15 is 0 Å². The molecule has 1 saturated heterocycles. The molecule has 0 bridgehead atoms. The van der Waals surface area contributed by atoms with Crippen LogP contribution in [-0.2, 0) is 0 Å². The first-order valence-electron chi connectivity index (χ1n) is 11.0. The molecule has 0 spiro atoms. The lowest BCUT2D eigenvalue weighted by Crippen LogP contribution is -2.47. The van der Waals surface area contributed by atoms with Crippen molar-refractivity contribution in [2.45, 2.75) is 38.0 Å². The average molecular weight is 483 g/mol. The molecule has 0 aliphatic carbocycles. The van der Waals surface area contributed by atoms with Gasteiger partial charge in [-0.3, -0.25) is 0 Å². The number of aliphatic hydroxyl groups excluding tert-OH is 2. The van der Waals surface area contributed by atoms with Crippen LogP contribution in [0.15, 0.2) is 42.5 Å². The Bertz CT molecular complexity index is 829. The molecular formula is C24H32Cl2N2O4. The molecule has 1 aliphatic heterocycles. The van der Waals surface area contributed by atoms with Crippen LogP contribution in [0.25, 0.3) is 0 Å². The molecule has 0 radical (unpaired) electrons. The average Bonchev–Trinajstić information content (AvgIpc) is 2.79. The molecule has 0 saturated carbocycles. The summed E-state index contributed by atoms with van der Waals surface area (Å²) in [7, 11) is 0. The topological polar surface area (TPSA) is 74.2 Å². The Morgan fingerprint density at radius 2 is 1.69 bits per heavy atom. The zero-order valence-corrected chi connectivity index (χ0v) is 19.9. The fraction of sp³-hybridized carbons (Fsp3) is 0.500. The molecule has 1 heterocycles. The van der Waals surface area contributed by atoms with Crippen LogP contribution < -0.4 is 14.8 Å². The normalized spacial score (nSPS) is 17.2. The van der Waals surface area contributed by atoms with Gasteiger partial charge in [-0.1, -0.05) is 40.9 Å². The Morgan fingerprint density at radius 1 is 1.00 bits per heavy atom. The van der Waals surface area contributed by atoms with E-state index in [0.29, 0.717) is 34.9 Å². The number of ether oxygens (including phenoxy) is 2. The van der Waals surface area contributed by atoms with Crippen LogP contribution in [0.5, 0.6) is 11.5 Å². The molecular weight excluding hydrogens is 451 g/mol. The number of nitrogens with one attached hydrogen (secondary N) is 1. The minimum atomic E-state index is -0.615. The first kappa shape index (κ1) is 25.1. The van der Waals surface area contributed by atoms with Crippen molar-refractivity contribution in [3.63, 3.8) is 0 Å². The minimum Gasteiger partial charge on any atom is -0.491 e.